The Kier molecular flexibility index (Phi) is 38.4. The summed E-state index contributed by atoms with van der Waals surface area (Å²) in [5.41, 5.74) is 0. The highest BCUT2D eigenvalue weighted by Crippen LogP contribution is 2.23. The predicted octanol–water partition coefficient (Wildman–Crippen LogP) is 9.17. The number of amides is 1. The number of carbonyl (C=O) groups is 1. The molecule has 1 aliphatic heterocycles. The lowest BCUT2D eigenvalue weighted by molar-refractivity contribution is -0.303. The molecule has 0 bridgehead atoms. The van der Waals surface area contributed by atoms with Crippen LogP contribution in [-0.2, 0) is 14.3 Å². The molecule has 1 rings (SSSR count). The molecule has 0 radical (unpaired) electrons. The maximum atomic E-state index is 13.0. The van der Waals surface area contributed by atoms with Gasteiger partial charge in [-0.25, -0.2) is 0 Å². The van der Waals surface area contributed by atoms with Crippen LogP contribution in [0.1, 0.15) is 213 Å². The fraction of sp³-hybridized carbons (Fsp3) is 0.863. The summed E-state index contributed by atoms with van der Waals surface area (Å²) >= 11 is 0. The SMILES string of the molecule is CCCCCC/C=C\CCC(O)C(=O)NC(COC1OC(CO)C(O)C(O)C1O)C(O)C(O)CCC/C=C/CC/C=C/CCCCCCCCCCCCCCCCCCCC. The fourth-order valence-corrected chi connectivity index (χ4v) is 7.93. The number of nitrogens with one attached hydrogen (secondary N) is 1. The normalized spacial score (nSPS) is 21.6. The average Bonchev–Trinajstić information content (AvgIpc) is 3.27. The van der Waals surface area contributed by atoms with Gasteiger partial charge in [-0.05, 0) is 70.6 Å². The van der Waals surface area contributed by atoms with Gasteiger partial charge in [0.2, 0.25) is 5.91 Å². The molecular formula is C51H95NO10. The third-order valence-corrected chi connectivity index (χ3v) is 12.2. The molecule has 11 nitrogen and oxygen atoms in total. The molecule has 1 aliphatic rings. The first-order chi connectivity index (χ1) is 30.2. The summed E-state index contributed by atoms with van der Waals surface area (Å²) in [6, 6.07) is -1.20. The first-order valence-electron chi connectivity index (χ1n) is 25.4. The van der Waals surface area contributed by atoms with E-state index in [-0.39, 0.29) is 12.8 Å². The summed E-state index contributed by atoms with van der Waals surface area (Å²) in [6.07, 6.45) is 36.9. The van der Waals surface area contributed by atoms with Crippen LogP contribution >= 0.6 is 0 Å². The molecule has 1 amide bonds. The van der Waals surface area contributed by atoms with Crippen LogP contribution in [0, 0.1) is 0 Å². The summed E-state index contributed by atoms with van der Waals surface area (Å²) < 4.78 is 11.0. The second-order valence-corrected chi connectivity index (χ2v) is 17.9. The van der Waals surface area contributed by atoms with Crippen molar-refractivity contribution in [2.24, 2.45) is 0 Å². The molecule has 1 saturated heterocycles. The molecule has 0 saturated carbocycles. The van der Waals surface area contributed by atoms with E-state index in [1.807, 2.05) is 12.2 Å². The molecule has 1 fully saturated rings. The van der Waals surface area contributed by atoms with Crippen LogP contribution in [0.15, 0.2) is 36.5 Å². The van der Waals surface area contributed by atoms with Crippen LogP contribution in [0.25, 0.3) is 0 Å². The Hall–Kier alpha value is -1.67. The van der Waals surface area contributed by atoms with Gasteiger partial charge in [0.1, 0.15) is 36.6 Å². The first-order valence-corrected chi connectivity index (χ1v) is 25.4. The highest BCUT2D eigenvalue weighted by Gasteiger charge is 2.44. The van der Waals surface area contributed by atoms with Gasteiger partial charge in [-0.15, -0.1) is 0 Å². The van der Waals surface area contributed by atoms with Crippen molar-refractivity contribution in [3.05, 3.63) is 36.5 Å². The van der Waals surface area contributed by atoms with Crippen molar-refractivity contribution in [2.45, 2.75) is 268 Å². The molecule has 9 unspecified atom stereocenters. The van der Waals surface area contributed by atoms with E-state index in [0.29, 0.717) is 19.3 Å². The lowest BCUT2D eigenvalue weighted by atomic mass is 9.99. The number of aliphatic hydroxyl groups excluding tert-OH is 7. The fourth-order valence-electron chi connectivity index (χ4n) is 7.93. The van der Waals surface area contributed by atoms with Crippen molar-refractivity contribution < 1.29 is 50.0 Å². The highest BCUT2D eigenvalue weighted by atomic mass is 16.7. The summed E-state index contributed by atoms with van der Waals surface area (Å²) in [5, 5.41) is 75.4. The molecule has 0 aliphatic carbocycles. The number of hydrogen-bond acceptors (Lipinski definition) is 10. The van der Waals surface area contributed by atoms with Crippen LogP contribution in [-0.4, -0.2) is 110 Å². The van der Waals surface area contributed by atoms with Crippen molar-refractivity contribution >= 4 is 5.91 Å². The van der Waals surface area contributed by atoms with E-state index >= 15 is 0 Å². The van der Waals surface area contributed by atoms with E-state index < -0.39 is 74.2 Å². The van der Waals surface area contributed by atoms with Gasteiger partial charge < -0.3 is 50.5 Å². The Morgan fingerprint density at radius 1 is 0.548 bits per heavy atom. The largest absolute Gasteiger partial charge is 0.394 e. The monoisotopic (exact) mass is 882 g/mol. The molecule has 0 spiro atoms. The molecule has 364 valence electrons. The van der Waals surface area contributed by atoms with Crippen LogP contribution in [0.5, 0.6) is 0 Å². The third-order valence-electron chi connectivity index (χ3n) is 12.2. The molecule has 0 aromatic heterocycles. The van der Waals surface area contributed by atoms with Crippen molar-refractivity contribution in [1.29, 1.82) is 0 Å². The predicted molar refractivity (Wildman–Crippen MR) is 252 cm³/mol. The molecule has 11 heteroatoms. The Labute approximate surface area is 377 Å². The van der Waals surface area contributed by atoms with Crippen molar-refractivity contribution in [1.82, 2.24) is 5.32 Å². The van der Waals surface area contributed by atoms with E-state index in [4.69, 9.17) is 9.47 Å². The van der Waals surface area contributed by atoms with Gasteiger partial charge in [-0.3, -0.25) is 4.79 Å². The number of rotatable bonds is 42. The maximum Gasteiger partial charge on any atom is 0.249 e. The Morgan fingerprint density at radius 3 is 1.45 bits per heavy atom. The zero-order chi connectivity index (χ0) is 45.5. The molecule has 8 N–H and O–H groups in total. The van der Waals surface area contributed by atoms with E-state index in [1.165, 1.54) is 135 Å². The smallest absolute Gasteiger partial charge is 0.249 e. The summed E-state index contributed by atoms with van der Waals surface area (Å²) in [4.78, 5) is 13.0. The van der Waals surface area contributed by atoms with Gasteiger partial charge >= 0.3 is 0 Å². The Balaban J connectivity index is 2.31. The van der Waals surface area contributed by atoms with Crippen molar-refractivity contribution in [3.8, 4) is 0 Å². The first kappa shape index (κ1) is 58.3. The number of ether oxygens (including phenoxy) is 2. The van der Waals surface area contributed by atoms with Crippen molar-refractivity contribution in [3.63, 3.8) is 0 Å². The van der Waals surface area contributed by atoms with Gasteiger partial charge in [0, 0.05) is 0 Å². The Bertz CT molecular complexity index is 1100. The number of allylic oxidation sites excluding steroid dienone is 6. The number of unbranched alkanes of at least 4 members (excludes halogenated alkanes) is 24. The minimum atomic E-state index is -1.67. The van der Waals surface area contributed by atoms with Gasteiger partial charge in [0.25, 0.3) is 0 Å². The van der Waals surface area contributed by atoms with Crippen LogP contribution < -0.4 is 5.32 Å². The highest BCUT2D eigenvalue weighted by molar-refractivity contribution is 5.80. The minimum Gasteiger partial charge on any atom is -0.394 e. The lowest BCUT2D eigenvalue weighted by Crippen LogP contribution is -2.60. The minimum absolute atomic E-state index is 0.165. The topological polar surface area (TPSA) is 189 Å². The summed E-state index contributed by atoms with van der Waals surface area (Å²) in [6.45, 7) is 3.35. The molecule has 9 atom stereocenters. The zero-order valence-corrected chi connectivity index (χ0v) is 39.4. The molecule has 1 heterocycles. The third kappa shape index (κ3) is 29.7. The van der Waals surface area contributed by atoms with Crippen LogP contribution in [0.3, 0.4) is 0 Å². The molecule has 0 aromatic carbocycles. The number of hydrogen-bond donors (Lipinski definition) is 8. The second kappa shape index (κ2) is 40.8. The van der Waals surface area contributed by atoms with Crippen LogP contribution in [0.4, 0.5) is 0 Å². The van der Waals surface area contributed by atoms with Gasteiger partial charge in [-0.2, -0.15) is 0 Å². The van der Waals surface area contributed by atoms with Gasteiger partial charge in [0.15, 0.2) is 6.29 Å². The van der Waals surface area contributed by atoms with E-state index in [2.05, 4.69) is 43.5 Å². The maximum absolute atomic E-state index is 13.0. The number of aliphatic hydroxyl groups is 7. The number of carbonyl (C=O) groups excluding carboxylic acids is 1. The molecule has 62 heavy (non-hydrogen) atoms. The standard InChI is InChI=1S/C51H95NO10/c1-3-5-7-9-11-13-14-15-16-17-18-19-20-21-22-23-24-25-26-27-28-29-30-31-33-34-36-38-43(54)46(56)42(41-61-51-49(59)48(58)47(57)45(40-53)62-51)52-50(60)44(55)39-37-35-32-12-10-8-6-4-2/h27-28,31-33,35,42-49,51,53-59H,3-26,29-30,34,36-41H2,1-2H3,(H,52,60)/b28-27+,33-31+,35-32-. The van der Waals surface area contributed by atoms with Gasteiger partial charge in [-0.1, -0.05) is 179 Å². The van der Waals surface area contributed by atoms with E-state index in [1.54, 1.807) is 0 Å². The average molecular weight is 882 g/mol. The molecule has 0 aromatic rings. The van der Waals surface area contributed by atoms with Gasteiger partial charge in [0.05, 0.1) is 25.4 Å². The van der Waals surface area contributed by atoms with Crippen LogP contribution in [0.2, 0.25) is 0 Å². The second-order valence-electron chi connectivity index (χ2n) is 17.9. The van der Waals surface area contributed by atoms with E-state index in [9.17, 15) is 40.5 Å². The zero-order valence-electron chi connectivity index (χ0n) is 39.4. The Morgan fingerprint density at radius 2 is 0.968 bits per heavy atom. The quantitative estimate of drug-likeness (QED) is 0.0217. The summed E-state index contributed by atoms with van der Waals surface area (Å²) in [7, 11) is 0. The lowest BCUT2D eigenvalue weighted by Gasteiger charge is -2.40. The van der Waals surface area contributed by atoms with E-state index in [0.717, 1.165) is 32.1 Å². The molecular weight excluding hydrogens is 787 g/mol. The summed E-state index contributed by atoms with van der Waals surface area (Å²) in [5.74, 6) is -0.748. The van der Waals surface area contributed by atoms with Crippen molar-refractivity contribution in [2.75, 3.05) is 13.2 Å².